The number of nitrogens with zero attached hydrogens (tertiary/aromatic N) is 3. The molecule has 5 rings (SSSR count). The first-order valence-corrected chi connectivity index (χ1v) is 10.1. The summed E-state index contributed by atoms with van der Waals surface area (Å²) in [5.74, 6) is 1.78. The molecule has 3 heterocycles. The maximum Gasteiger partial charge on any atom is 0.213 e. The van der Waals surface area contributed by atoms with Crippen molar-refractivity contribution < 1.29 is 4.57 Å². The fraction of sp³-hybridized carbons (Fsp3) is 0.280. The highest BCUT2D eigenvalue weighted by Crippen LogP contribution is 2.42. The van der Waals surface area contributed by atoms with E-state index in [0.717, 1.165) is 18.7 Å². The predicted octanol–water partition coefficient (Wildman–Crippen LogP) is 4.93. The summed E-state index contributed by atoms with van der Waals surface area (Å²) in [7, 11) is 2.16. The molecule has 0 atom stereocenters. The van der Waals surface area contributed by atoms with E-state index in [1.54, 1.807) is 0 Å². The van der Waals surface area contributed by atoms with Crippen LogP contribution in [0.1, 0.15) is 36.4 Å². The fourth-order valence-corrected chi connectivity index (χ4v) is 4.74. The van der Waals surface area contributed by atoms with Crippen LogP contribution < -0.4 is 4.57 Å². The van der Waals surface area contributed by atoms with Crippen LogP contribution in [0.5, 0.6) is 0 Å². The number of pyridine rings is 1. The summed E-state index contributed by atoms with van der Waals surface area (Å²) >= 11 is 0. The third-order valence-corrected chi connectivity index (χ3v) is 5.96. The minimum absolute atomic E-state index is 0.647. The maximum absolute atomic E-state index is 4.62. The lowest BCUT2D eigenvalue weighted by molar-refractivity contribution is -0.660. The van der Waals surface area contributed by atoms with E-state index in [-0.39, 0.29) is 0 Å². The monoisotopic (exact) mass is 368 g/mol. The lowest BCUT2D eigenvalue weighted by Crippen LogP contribution is -2.31. The van der Waals surface area contributed by atoms with Crippen LogP contribution in [-0.4, -0.2) is 9.55 Å². The minimum Gasteiger partial charge on any atom is -0.303 e. The van der Waals surface area contributed by atoms with Crippen LogP contribution in [0.25, 0.3) is 27.7 Å². The number of rotatable bonds is 3. The van der Waals surface area contributed by atoms with Crippen molar-refractivity contribution in [2.75, 3.05) is 0 Å². The average Bonchev–Trinajstić information content (AvgIpc) is 3.25. The van der Waals surface area contributed by atoms with Crippen LogP contribution in [0, 0.1) is 12.8 Å². The Balaban J connectivity index is 1.85. The van der Waals surface area contributed by atoms with Crippen LogP contribution in [0.15, 0.2) is 55.0 Å². The van der Waals surface area contributed by atoms with E-state index >= 15 is 0 Å². The summed E-state index contributed by atoms with van der Waals surface area (Å²) in [5.41, 5.74) is 8.13. The molecule has 3 heteroatoms. The van der Waals surface area contributed by atoms with E-state index in [1.165, 1.54) is 44.4 Å². The molecule has 0 saturated carbocycles. The second-order valence-corrected chi connectivity index (χ2v) is 8.39. The number of imidazole rings is 1. The van der Waals surface area contributed by atoms with Gasteiger partial charge in [-0.3, -0.25) is 0 Å². The third kappa shape index (κ3) is 2.50. The van der Waals surface area contributed by atoms with Crippen LogP contribution in [0.4, 0.5) is 0 Å². The smallest absolute Gasteiger partial charge is 0.213 e. The van der Waals surface area contributed by atoms with Crippen LogP contribution in [-0.2, 0) is 19.9 Å². The number of aryl methyl sites for hydroxylation is 2. The SMILES string of the molecule is Cc1c(-c2cc(CC(C)C)cc[n+]2C)c2c(c3ccccc13)-n1ccnc1C2. The van der Waals surface area contributed by atoms with E-state index in [2.05, 4.69) is 90.7 Å². The molecule has 2 aromatic carbocycles. The molecule has 0 aliphatic carbocycles. The quantitative estimate of drug-likeness (QED) is 0.414. The van der Waals surface area contributed by atoms with E-state index in [9.17, 15) is 0 Å². The fourth-order valence-electron chi connectivity index (χ4n) is 4.74. The number of aromatic nitrogens is 3. The van der Waals surface area contributed by atoms with Gasteiger partial charge in [0, 0.05) is 36.3 Å². The van der Waals surface area contributed by atoms with E-state index < -0.39 is 0 Å². The van der Waals surface area contributed by atoms with Crippen molar-refractivity contribution in [1.29, 1.82) is 0 Å². The molecule has 0 unspecified atom stereocenters. The molecule has 140 valence electrons. The maximum atomic E-state index is 4.62. The minimum atomic E-state index is 0.647. The van der Waals surface area contributed by atoms with Gasteiger partial charge in [-0.2, -0.15) is 0 Å². The van der Waals surface area contributed by atoms with Gasteiger partial charge >= 0.3 is 0 Å². The van der Waals surface area contributed by atoms with Crippen molar-refractivity contribution in [2.45, 2.75) is 33.6 Å². The Bertz CT molecular complexity index is 1210. The van der Waals surface area contributed by atoms with Gasteiger partial charge in [0.05, 0.1) is 11.3 Å². The van der Waals surface area contributed by atoms with Gasteiger partial charge in [-0.05, 0) is 41.3 Å². The first-order chi connectivity index (χ1) is 13.5. The molecule has 2 aromatic heterocycles. The molecule has 0 spiro atoms. The topological polar surface area (TPSA) is 21.7 Å². The highest BCUT2D eigenvalue weighted by molar-refractivity contribution is 6.00. The van der Waals surface area contributed by atoms with Crippen LogP contribution >= 0.6 is 0 Å². The summed E-state index contributed by atoms with van der Waals surface area (Å²) in [5, 5.41) is 2.64. The van der Waals surface area contributed by atoms with Gasteiger partial charge in [-0.15, -0.1) is 0 Å². The van der Waals surface area contributed by atoms with E-state index in [4.69, 9.17) is 0 Å². The van der Waals surface area contributed by atoms with Crippen molar-refractivity contribution in [2.24, 2.45) is 13.0 Å². The highest BCUT2D eigenvalue weighted by atomic mass is 15.1. The molecular formula is C25H26N3+. The van der Waals surface area contributed by atoms with Crippen molar-refractivity contribution >= 4 is 10.8 Å². The predicted molar refractivity (Wildman–Crippen MR) is 114 cm³/mol. The van der Waals surface area contributed by atoms with Gasteiger partial charge in [-0.1, -0.05) is 38.1 Å². The zero-order valence-electron chi connectivity index (χ0n) is 17.0. The molecule has 1 aliphatic rings. The summed E-state index contributed by atoms with van der Waals surface area (Å²) in [6.45, 7) is 6.84. The number of benzene rings is 2. The first kappa shape index (κ1) is 17.2. The molecular weight excluding hydrogens is 342 g/mol. The highest BCUT2D eigenvalue weighted by Gasteiger charge is 2.29. The molecule has 1 aliphatic heterocycles. The van der Waals surface area contributed by atoms with Gasteiger partial charge in [0.25, 0.3) is 0 Å². The summed E-state index contributed by atoms with van der Waals surface area (Å²) in [6.07, 6.45) is 8.21. The molecule has 0 bridgehead atoms. The Morgan fingerprint density at radius 1 is 1.14 bits per heavy atom. The molecule has 4 aromatic rings. The second kappa shape index (κ2) is 6.30. The first-order valence-electron chi connectivity index (χ1n) is 10.1. The number of hydrogen-bond donors (Lipinski definition) is 0. The lowest BCUT2D eigenvalue weighted by atomic mass is 9.89. The van der Waals surface area contributed by atoms with Crippen LogP contribution in [0.2, 0.25) is 0 Å². The Kier molecular flexibility index (Phi) is 3.87. The second-order valence-electron chi connectivity index (χ2n) is 8.39. The Morgan fingerprint density at radius 2 is 1.93 bits per heavy atom. The van der Waals surface area contributed by atoms with Gasteiger partial charge in [0.1, 0.15) is 12.9 Å². The van der Waals surface area contributed by atoms with Gasteiger partial charge in [0.15, 0.2) is 6.20 Å². The molecule has 28 heavy (non-hydrogen) atoms. The van der Waals surface area contributed by atoms with E-state index in [1.807, 2.05) is 6.20 Å². The molecule has 0 N–H and O–H groups in total. The molecule has 3 nitrogen and oxygen atoms in total. The average molecular weight is 369 g/mol. The number of hydrogen-bond acceptors (Lipinski definition) is 1. The third-order valence-electron chi connectivity index (χ3n) is 5.96. The Morgan fingerprint density at radius 3 is 2.71 bits per heavy atom. The summed E-state index contributed by atoms with van der Waals surface area (Å²) < 4.78 is 4.54. The Labute approximate surface area is 166 Å². The molecule has 0 radical (unpaired) electrons. The van der Waals surface area contributed by atoms with Crippen LogP contribution in [0.3, 0.4) is 0 Å². The number of fused-ring (bicyclic) bond motifs is 5. The Hall–Kier alpha value is -2.94. The molecule has 0 saturated heterocycles. The van der Waals surface area contributed by atoms with Crippen molar-refractivity contribution in [1.82, 2.24) is 9.55 Å². The standard InChI is InChI=1S/C25H26N3/c1-16(2)13-18-9-11-27(4)22(14-18)24-17(3)19-7-5-6-8-20(19)25-21(24)15-23-26-10-12-28(23)25/h5-12,14,16H,13,15H2,1-4H3/q+1. The molecule has 0 fully saturated rings. The van der Waals surface area contributed by atoms with Gasteiger partial charge < -0.3 is 4.57 Å². The van der Waals surface area contributed by atoms with Crippen molar-refractivity contribution in [3.05, 3.63) is 77.5 Å². The zero-order valence-corrected chi connectivity index (χ0v) is 17.0. The van der Waals surface area contributed by atoms with E-state index in [0.29, 0.717) is 5.92 Å². The molecule has 0 amide bonds. The zero-order chi connectivity index (χ0) is 19.4. The summed E-state index contributed by atoms with van der Waals surface area (Å²) in [4.78, 5) is 4.62. The van der Waals surface area contributed by atoms with Gasteiger partial charge in [0.2, 0.25) is 5.69 Å². The largest absolute Gasteiger partial charge is 0.303 e. The summed E-state index contributed by atoms with van der Waals surface area (Å²) in [6, 6.07) is 13.4. The van der Waals surface area contributed by atoms with Gasteiger partial charge in [-0.25, -0.2) is 9.55 Å². The van der Waals surface area contributed by atoms with Crippen molar-refractivity contribution in [3.63, 3.8) is 0 Å². The lowest BCUT2D eigenvalue weighted by Gasteiger charge is -2.16. The van der Waals surface area contributed by atoms with Crippen molar-refractivity contribution in [3.8, 4) is 16.9 Å². The normalized spacial score (nSPS) is 12.6.